The van der Waals surface area contributed by atoms with Crippen molar-refractivity contribution < 1.29 is 28.5 Å². The fourth-order valence-electron chi connectivity index (χ4n) is 5.66. The number of rotatable bonds is 7. The first kappa shape index (κ1) is 26.5. The topological polar surface area (TPSA) is 86.1 Å². The number of benzene rings is 2. The number of carboxylic acid groups (broad SMARTS) is 1. The van der Waals surface area contributed by atoms with E-state index < -0.39 is 17.6 Å². The van der Waals surface area contributed by atoms with Crippen molar-refractivity contribution in [2.45, 2.75) is 44.7 Å². The van der Waals surface area contributed by atoms with Crippen molar-refractivity contribution >= 4 is 44.8 Å². The maximum absolute atomic E-state index is 14.8. The SMILES string of the molecule is CC1(c2ccc(Cl)cc2F)Oc2cccc(C3=CCN(Cc4nc5cc(C(=O)O)sc5n4CC4CCO4)CC3)c2O1. The van der Waals surface area contributed by atoms with E-state index in [-0.39, 0.29) is 11.7 Å². The molecule has 0 aliphatic carbocycles. The smallest absolute Gasteiger partial charge is 0.346 e. The average molecular weight is 596 g/mol. The van der Waals surface area contributed by atoms with Crippen LogP contribution < -0.4 is 9.47 Å². The predicted octanol–water partition coefficient (Wildman–Crippen LogP) is 6.31. The number of hydrogen-bond donors (Lipinski definition) is 1. The molecule has 2 aromatic carbocycles. The van der Waals surface area contributed by atoms with E-state index in [4.69, 9.17) is 30.8 Å². The molecule has 1 fully saturated rings. The van der Waals surface area contributed by atoms with Crippen LogP contribution in [0.5, 0.6) is 11.5 Å². The van der Waals surface area contributed by atoms with E-state index in [1.807, 2.05) is 18.2 Å². The number of carboxylic acids is 1. The first-order valence-electron chi connectivity index (χ1n) is 13.5. The molecule has 3 aliphatic heterocycles. The van der Waals surface area contributed by atoms with Crippen LogP contribution in [0.3, 0.4) is 0 Å². The van der Waals surface area contributed by atoms with Gasteiger partial charge in [-0.3, -0.25) is 4.90 Å². The number of hydrogen-bond acceptors (Lipinski definition) is 7. The maximum Gasteiger partial charge on any atom is 0.346 e. The Kier molecular flexibility index (Phi) is 6.54. The molecule has 0 radical (unpaired) electrons. The molecule has 5 heterocycles. The van der Waals surface area contributed by atoms with Crippen molar-refractivity contribution in [1.82, 2.24) is 14.5 Å². The molecule has 0 saturated carbocycles. The van der Waals surface area contributed by atoms with Gasteiger partial charge in [-0.2, -0.15) is 0 Å². The van der Waals surface area contributed by atoms with Gasteiger partial charge in [0.15, 0.2) is 11.5 Å². The van der Waals surface area contributed by atoms with Gasteiger partial charge in [0.1, 0.15) is 26.9 Å². The van der Waals surface area contributed by atoms with E-state index in [9.17, 15) is 14.3 Å². The van der Waals surface area contributed by atoms with Crippen LogP contribution in [0, 0.1) is 5.82 Å². The predicted molar refractivity (Wildman–Crippen MR) is 153 cm³/mol. The summed E-state index contributed by atoms with van der Waals surface area (Å²) in [6, 6.07) is 11.9. The number of fused-ring (bicyclic) bond motifs is 2. The van der Waals surface area contributed by atoms with E-state index in [1.165, 1.54) is 17.4 Å². The highest BCUT2D eigenvalue weighted by molar-refractivity contribution is 7.20. The summed E-state index contributed by atoms with van der Waals surface area (Å²) in [5, 5.41) is 9.76. The molecule has 2 unspecified atom stereocenters. The van der Waals surface area contributed by atoms with Crippen LogP contribution in [-0.4, -0.2) is 51.3 Å². The van der Waals surface area contributed by atoms with Gasteiger partial charge in [0, 0.05) is 37.2 Å². The molecule has 0 spiro atoms. The molecule has 3 aliphatic rings. The molecule has 8 nitrogen and oxygen atoms in total. The first-order chi connectivity index (χ1) is 19.8. The zero-order valence-corrected chi connectivity index (χ0v) is 23.8. The summed E-state index contributed by atoms with van der Waals surface area (Å²) in [5.74, 6) is -0.631. The highest BCUT2D eigenvalue weighted by Crippen LogP contribution is 2.49. The second-order valence-corrected chi connectivity index (χ2v) is 12.1. The molecule has 4 aromatic rings. The van der Waals surface area contributed by atoms with Crippen LogP contribution in [0.4, 0.5) is 4.39 Å². The van der Waals surface area contributed by atoms with Gasteiger partial charge in [0.05, 0.1) is 24.8 Å². The van der Waals surface area contributed by atoms with Crippen LogP contribution in [0.25, 0.3) is 15.9 Å². The highest BCUT2D eigenvalue weighted by atomic mass is 35.5. The molecule has 11 heteroatoms. The van der Waals surface area contributed by atoms with Crippen LogP contribution in [0.2, 0.25) is 5.02 Å². The van der Waals surface area contributed by atoms with Crippen molar-refractivity contribution in [1.29, 1.82) is 0 Å². The Bertz CT molecular complexity index is 1710. The van der Waals surface area contributed by atoms with Gasteiger partial charge in [0.2, 0.25) is 0 Å². The third kappa shape index (κ3) is 4.78. The van der Waals surface area contributed by atoms with Gasteiger partial charge in [-0.05, 0) is 48.7 Å². The summed E-state index contributed by atoms with van der Waals surface area (Å²) in [7, 11) is 0. The van der Waals surface area contributed by atoms with Crippen LogP contribution in [0.1, 0.15) is 46.4 Å². The number of carbonyl (C=O) groups is 1. The van der Waals surface area contributed by atoms with Crippen molar-refractivity contribution in [2.24, 2.45) is 0 Å². The molecule has 7 rings (SSSR count). The number of aromatic nitrogens is 2. The van der Waals surface area contributed by atoms with Crippen molar-refractivity contribution in [3.8, 4) is 11.5 Å². The number of nitrogens with zero attached hydrogens (tertiary/aromatic N) is 3. The number of halogens is 2. The van der Waals surface area contributed by atoms with Crippen LogP contribution in [0.15, 0.2) is 48.5 Å². The summed E-state index contributed by atoms with van der Waals surface area (Å²) in [6.45, 7) is 5.29. The normalized spacial score (nSPS) is 22.1. The van der Waals surface area contributed by atoms with Gasteiger partial charge in [-0.1, -0.05) is 29.8 Å². The summed E-state index contributed by atoms with van der Waals surface area (Å²) in [6.07, 6.45) is 4.09. The fraction of sp³-hybridized carbons (Fsp3) is 0.333. The highest BCUT2D eigenvalue weighted by Gasteiger charge is 2.42. The number of ether oxygens (including phenoxy) is 3. The lowest BCUT2D eigenvalue weighted by Gasteiger charge is -2.29. The zero-order chi connectivity index (χ0) is 28.3. The zero-order valence-electron chi connectivity index (χ0n) is 22.2. The molecular weight excluding hydrogens is 569 g/mol. The minimum Gasteiger partial charge on any atom is -0.477 e. The number of imidazole rings is 1. The Labute approximate surface area is 244 Å². The molecule has 2 aromatic heterocycles. The van der Waals surface area contributed by atoms with Gasteiger partial charge in [-0.25, -0.2) is 14.2 Å². The fourth-order valence-corrected chi connectivity index (χ4v) is 6.78. The van der Waals surface area contributed by atoms with Crippen molar-refractivity contribution in [2.75, 3.05) is 19.7 Å². The molecular formula is C30H27ClFN3O5S. The molecule has 1 saturated heterocycles. The van der Waals surface area contributed by atoms with Crippen LogP contribution in [-0.2, 0) is 23.6 Å². The third-order valence-electron chi connectivity index (χ3n) is 7.90. The molecule has 212 valence electrons. The Hall–Kier alpha value is -3.44. The quantitative estimate of drug-likeness (QED) is 0.268. The van der Waals surface area contributed by atoms with Crippen LogP contribution >= 0.6 is 22.9 Å². The lowest BCUT2D eigenvalue weighted by atomic mass is 9.98. The summed E-state index contributed by atoms with van der Waals surface area (Å²) >= 11 is 7.21. The number of para-hydroxylation sites is 1. The van der Waals surface area contributed by atoms with Gasteiger partial charge >= 0.3 is 5.97 Å². The third-order valence-corrected chi connectivity index (χ3v) is 9.27. The van der Waals surface area contributed by atoms with E-state index in [0.717, 1.165) is 47.8 Å². The minimum absolute atomic E-state index is 0.129. The molecule has 0 bridgehead atoms. The lowest BCUT2D eigenvalue weighted by Crippen LogP contribution is -2.33. The summed E-state index contributed by atoms with van der Waals surface area (Å²) in [5.41, 5.74) is 3.07. The second kappa shape index (κ2) is 10.1. The van der Waals surface area contributed by atoms with Gasteiger partial charge in [0.25, 0.3) is 5.79 Å². The first-order valence-corrected chi connectivity index (χ1v) is 14.7. The van der Waals surface area contributed by atoms with E-state index in [0.29, 0.717) is 46.5 Å². The van der Waals surface area contributed by atoms with Gasteiger partial charge < -0.3 is 23.9 Å². The Morgan fingerprint density at radius 1 is 1.27 bits per heavy atom. The summed E-state index contributed by atoms with van der Waals surface area (Å²) < 4.78 is 35.0. The molecule has 41 heavy (non-hydrogen) atoms. The monoisotopic (exact) mass is 595 g/mol. The van der Waals surface area contributed by atoms with E-state index in [1.54, 1.807) is 25.1 Å². The standard InChI is InChI=1S/C30H27ClFN3O5S/c1-30(21-6-5-18(31)13-22(21)32)39-24-4-2-3-20(27(24)40-30)17-7-10-34(11-8-17)16-26-33-23-14-25(29(36)37)41-28(23)35(26)15-19-9-12-38-19/h2-7,13-14,19H,8-12,15-16H2,1H3,(H,36,37). The van der Waals surface area contributed by atoms with Crippen molar-refractivity contribution in [3.63, 3.8) is 0 Å². The molecule has 1 N–H and O–H groups in total. The number of aromatic carboxylic acids is 1. The Morgan fingerprint density at radius 2 is 2.12 bits per heavy atom. The Balaban J connectivity index is 1.11. The lowest BCUT2D eigenvalue weighted by molar-refractivity contribution is -0.0708. The van der Waals surface area contributed by atoms with E-state index >= 15 is 0 Å². The maximum atomic E-state index is 14.8. The average Bonchev–Trinajstić information content (AvgIpc) is 3.57. The minimum atomic E-state index is -1.30. The number of thiophene rings is 1. The van der Waals surface area contributed by atoms with Gasteiger partial charge in [-0.15, -0.1) is 11.3 Å². The summed E-state index contributed by atoms with van der Waals surface area (Å²) in [4.78, 5) is 19.8. The largest absolute Gasteiger partial charge is 0.477 e. The van der Waals surface area contributed by atoms with Crippen molar-refractivity contribution in [3.05, 3.63) is 81.2 Å². The molecule has 2 atom stereocenters. The second-order valence-electron chi connectivity index (χ2n) is 10.6. The van der Waals surface area contributed by atoms with E-state index in [2.05, 4.69) is 15.5 Å². The Morgan fingerprint density at radius 3 is 2.83 bits per heavy atom. The molecule has 0 amide bonds.